The fraction of sp³-hybridized carbons (Fsp3) is 0.333. The molecule has 0 saturated heterocycles. The van der Waals surface area contributed by atoms with Crippen molar-refractivity contribution in [2.24, 2.45) is 0 Å². The minimum Gasteiger partial charge on any atom is -0.359 e. The van der Waals surface area contributed by atoms with Crippen LogP contribution in [0.15, 0.2) is 33.3 Å². The molecule has 0 fully saturated rings. The third-order valence-electron chi connectivity index (χ3n) is 2.88. The van der Waals surface area contributed by atoms with Crippen LogP contribution in [0.25, 0.3) is 0 Å². The summed E-state index contributed by atoms with van der Waals surface area (Å²) < 4.78 is 19.5. The highest BCUT2D eigenvalue weighted by molar-refractivity contribution is 9.10. The van der Waals surface area contributed by atoms with Crippen LogP contribution in [0.1, 0.15) is 32.1 Å². The molecule has 0 saturated carbocycles. The molecule has 21 heavy (non-hydrogen) atoms. The molecule has 6 heteroatoms. The molecule has 0 spiro atoms. The molecule has 0 aliphatic heterocycles. The molecule has 2 aromatic rings. The first-order valence-electron chi connectivity index (χ1n) is 6.46. The Bertz CT molecular complexity index is 662. The van der Waals surface area contributed by atoms with Gasteiger partial charge in [-0.15, -0.1) is 0 Å². The van der Waals surface area contributed by atoms with Crippen molar-refractivity contribution in [3.8, 4) is 0 Å². The first kappa shape index (κ1) is 15.7. The highest BCUT2D eigenvalue weighted by Gasteiger charge is 2.20. The molecule has 0 atom stereocenters. The Hall–Kier alpha value is -1.69. The number of nitrogens with one attached hydrogen (secondary N) is 1. The zero-order valence-corrected chi connectivity index (χ0v) is 13.6. The summed E-state index contributed by atoms with van der Waals surface area (Å²) in [6, 6.07) is 6.27. The number of halogens is 2. The van der Waals surface area contributed by atoms with Gasteiger partial charge in [0.15, 0.2) is 5.82 Å². The molecule has 0 aliphatic rings. The van der Waals surface area contributed by atoms with Crippen molar-refractivity contribution in [3.05, 3.63) is 45.9 Å². The molecule has 0 unspecified atom stereocenters. The maximum atomic E-state index is 13.7. The zero-order chi connectivity index (χ0) is 15.6. The molecule has 1 aromatic heterocycles. The second-order valence-corrected chi connectivity index (χ2v) is 6.70. The van der Waals surface area contributed by atoms with Crippen LogP contribution >= 0.6 is 15.9 Å². The standard InChI is InChI=1S/C15H16BrFN2O2/c1-15(2,3)12-8-13(19-21-12)18-14(20)6-9-4-5-10(16)7-11(9)17/h4-5,7-8H,6H2,1-3H3,(H,18,19,20). The number of benzene rings is 1. The van der Waals surface area contributed by atoms with Crippen LogP contribution < -0.4 is 5.32 Å². The molecule has 0 aliphatic carbocycles. The van der Waals surface area contributed by atoms with Crippen molar-refractivity contribution in [3.63, 3.8) is 0 Å². The van der Waals surface area contributed by atoms with Crippen molar-refractivity contribution in [2.45, 2.75) is 32.6 Å². The molecule has 2 rings (SSSR count). The van der Waals surface area contributed by atoms with Gasteiger partial charge in [-0.05, 0) is 17.7 Å². The average Bonchev–Trinajstić information content (AvgIpc) is 2.81. The third kappa shape index (κ3) is 4.14. The topological polar surface area (TPSA) is 55.1 Å². The fourth-order valence-corrected chi connectivity index (χ4v) is 2.05. The quantitative estimate of drug-likeness (QED) is 0.904. The lowest BCUT2D eigenvalue weighted by molar-refractivity contribution is -0.115. The van der Waals surface area contributed by atoms with E-state index in [9.17, 15) is 9.18 Å². The second kappa shape index (κ2) is 5.97. The van der Waals surface area contributed by atoms with Crippen molar-refractivity contribution >= 4 is 27.7 Å². The maximum absolute atomic E-state index is 13.7. The summed E-state index contributed by atoms with van der Waals surface area (Å²) in [5, 5.41) is 6.40. The monoisotopic (exact) mass is 354 g/mol. The normalized spacial score (nSPS) is 11.5. The van der Waals surface area contributed by atoms with E-state index in [-0.39, 0.29) is 17.7 Å². The molecule has 0 radical (unpaired) electrons. The lowest BCUT2D eigenvalue weighted by atomic mass is 9.93. The predicted molar refractivity (Wildman–Crippen MR) is 81.6 cm³/mol. The number of hydrogen-bond donors (Lipinski definition) is 1. The first-order chi connectivity index (χ1) is 9.75. The van der Waals surface area contributed by atoms with Crippen LogP contribution in [-0.4, -0.2) is 11.1 Å². The van der Waals surface area contributed by atoms with Gasteiger partial charge in [-0.1, -0.05) is 47.9 Å². The van der Waals surface area contributed by atoms with Gasteiger partial charge in [0.25, 0.3) is 0 Å². The van der Waals surface area contributed by atoms with E-state index in [2.05, 4.69) is 26.4 Å². The largest absolute Gasteiger partial charge is 0.359 e. The Morgan fingerprint density at radius 1 is 1.38 bits per heavy atom. The summed E-state index contributed by atoms with van der Waals surface area (Å²) in [5.41, 5.74) is 0.142. The summed E-state index contributed by atoms with van der Waals surface area (Å²) in [7, 11) is 0. The van der Waals surface area contributed by atoms with Gasteiger partial charge in [-0.2, -0.15) is 0 Å². The van der Waals surface area contributed by atoms with Gasteiger partial charge < -0.3 is 9.84 Å². The van der Waals surface area contributed by atoms with Gasteiger partial charge in [0.1, 0.15) is 11.6 Å². The van der Waals surface area contributed by atoms with E-state index in [1.165, 1.54) is 6.07 Å². The SMILES string of the molecule is CC(C)(C)c1cc(NC(=O)Cc2ccc(Br)cc2F)no1. The molecule has 0 bridgehead atoms. The minimum absolute atomic E-state index is 0.0587. The van der Waals surface area contributed by atoms with E-state index in [0.717, 1.165) is 0 Å². The van der Waals surface area contributed by atoms with Gasteiger partial charge in [0, 0.05) is 16.0 Å². The number of aromatic nitrogens is 1. The van der Waals surface area contributed by atoms with Crippen LogP contribution in [0.3, 0.4) is 0 Å². The highest BCUT2D eigenvalue weighted by Crippen LogP contribution is 2.24. The summed E-state index contributed by atoms with van der Waals surface area (Å²) >= 11 is 3.17. The van der Waals surface area contributed by atoms with E-state index in [1.807, 2.05) is 20.8 Å². The first-order valence-corrected chi connectivity index (χ1v) is 7.26. The third-order valence-corrected chi connectivity index (χ3v) is 3.38. The predicted octanol–water partition coefficient (Wildman–Crippen LogP) is 4.05. The van der Waals surface area contributed by atoms with E-state index in [1.54, 1.807) is 18.2 Å². The zero-order valence-electron chi connectivity index (χ0n) is 12.0. The van der Waals surface area contributed by atoms with Crippen molar-refractivity contribution in [1.29, 1.82) is 0 Å². The van der Waals surface area contributed by atoms with Crippen LogP contribution in [0.5, 0.6) is 0 Å². The summed E-state index contributed by atoms with van der Waals surface area (Å²) in [6.07, 6.45) is -0.0587. The highest BCUT2D eigenvalue weighted by atomic mass is 79.9. The van der Waals surface area contributed by atoms with Crippen LogP contribution in [0.4, 0.5) is 10.2 Å². The van der Waals surface area contributed by atoms with Gasteiger partial charge in [0.2, 0.25) is 5.91 Å². The van der Waals surface area contributed by atoms with Crippen molar-refractivity contribution < 1.29 is 13.7 Å². The van der Waals surface area contributed by atoms with Crippen molar-refractivity contribution in [2.75, 3.05) is 5.32 Å². The lowest BCUT2D eigenvalue weighted by Crippen LogP contribution is -2.15. The number of hydrogen-bond acceptors (Lipinski definition) is 3. The second-order valence-electron chi connectivity index (χ2n) is 5.79. The molecule has 1 heterocycles. The molecule has 1 aromatic carbocycles. The van der Waals surface area contributed by atoms with Crippen LogP contribution in [-0.2, 0) is 16.6 Å². The Labute approximate surface area is 130 Å². The van der Waals surface area contributed by atoms with E-state index in [4.69, 9.17) is 4.52 Å². The average molecular weight is 355 g/mol. The number of rotatable bonds is 3. The van der Waals surface area contributed by atoms with E-state index in [0.29, 0.717) is 21.6 Å². The van der Waals surface area contributed by atoms with Gasteiger partial charge >= 0.3 is 0 Å². The number of nitrogens with zero attached hydrogens (tertiary/aromatic N) is 1. The van der Waals surface area contributed by atoms with Crippen LogP contribution in [0.2, 0.25) is 0 Å². The van der Waals surface area contributed by atoms with E-state index >= 15 is 0 Å². The molecule has 4 nitrogen and oxygen atoms in total. The summed E-state index contributed by atoms with van der Waals surface area (Å²) in [5.74, 6) is 0.245. The van der Waals surface area contributed by atoms with E-state index < -0.39 is 5.82 Å². The van der Waals surface area contributed by atoms with Gasteiger partial charge in [-0.3, -0.25) is 4.79 Å². The summed E-state index contributed by atoms with van der Waals surface area (Å²) in [4.78, 5) is 11.9. The molecular weight excluding hydrogens is 339 g/mol. The number of carbonyl (C=O) groups excluding carboxylic acids is 1. The summed E-state index contributed by atoms with van der Waals surface area (Å²) in [6.45, 7) is 5.95. The lowest BCUT2D eigenvalue weighted by Gasteiger charge is -2.12. The Kier molecular flexibility index (Phi) is 4.46. The fourth-order valence-electron chi connectivity index (χ4n) is 1.71. The number of anilines is 1. The molecule has 1 N–H and O–H groups in total. The molecule has 112 valence electrons. The Balaban J connectivity index is 2.03. The van der Waals surface area contributed by atoms with Crippen LogP contribution in [0, 0.1) is 5.82 Å². The number of carbonyl (C=O) groups is 1. The molecular formula is C15H16BrFN2O2. The number of amides is 1. The Morgan fingerprint density at radius 2 is 2.10 bits per heavy atom. The smallest absolute Gasteiger partial charge is 0.230 e. The molecule has 1 amide bonds. The van der Waals surface area contributed by atoms with Crippen molar-refractivity contribution in [1.82, 2.24) is 5.16 Å². The van der Waals surface area contributed by atoms with Gasteiger partial charge in [0.05, 0.1) is 6.42 Å². The minimum atomic E-state index is -0.421. The Morgan fingerprint density at radius 3 is 2.67 bits per heavy atom. The maximum Gasteiger partial charge on any atom is 0.230 e. The van der Waals surface area contributed by atoms with Gasteiger partial charge in [-0.25, -0.2) is 4.39 Å².